The molecule has 0 aliphatic heterocycles. The van der Waals surface area contributed by atoms with Gasteiger partial charge in [0, 0.05) is 23.1 Å². The Morgan fingerprint density at radius 1 is 1.00 bits per heavy atom. The second-order valence-corrected chi connectivity index (χ2v) is 7.28. The molecule has 1 aliphatic rings. The van der Waals surface area contributed by atoms with E-state index in [0.29, 0.717) is 12.1 Å². The molecule has 0 amide bonds. The summed E-state index contributed by atoms with van der Waals surface area (Å²) in [5, 5.41) is 7.73. The van der Waals surface area contributed by atoms with Crippen LogP contribution in [0.1, 0.15) is 22.4 Å². The number of nitrogens with one attached hydrogen (secondary N) is 1. The SMILES string of the molecule is COc1cccc(C2(c3cccc(OC)c3)C=Cc3c(-c4cocn4)n[nH]c3C2)c1. The number of aromatic amines is 1. The maximum atomic E-state index is 5.51. The Morgan fingerprint density at radius 3 is 2.30 bits per heavy atom. The lowest BCUT2D eigenvalue weighted by Gasteiger charge is -2.35. The Labute approximate surface area is 174 Å². The van der Waals surface area contributed by atoms with Crippen molar-refractivity contribution in [3.05, 3.63) is 89.6 Å². The molecule has 0 spiro atoms. The number of nitrogens with zero attached hydrogens (tertiary/aromatic N) is 2. The van der Waals surface area contributed by atoms with Crippen LogP contribution in [0.15, 0.2) is 71.7 Å². The Balaban J connectivity index is 1.68. The molecule has 30 heavy (non-hydrogen) atoms. The van der Waals surface area contributed by atoms with Gasteiger partial charge >= 0.3 is 0 Å². The molecule has 6 heteroatoms. The molecule has 4 aromatic rings. The van der Waals surface area contributed by atoms with Gasteiger partial charge in [0.15, 0.2) is 6.39 Å². The highest BCUT2D eigenvalue weighted by Crippen LogP contribution is 2.44. The van der Waals surface area contributed by atoms with Crippen LogP contribution >= 0.6 is 0 Å². The van der Waals surface area contributed by atoms with Gasteiger partial charge < -0.3 is 13.9 Å². The Morgan fingerprint density at radius 2 is 1.70 bits per heavy atom. The second kappa shape index (κ2) is 7.22. The molecule has 0 saturated carbocycles. The van der Waals surface area contributed by atoms with Crippen molar-refractivity contribution in [1.82, 2.24) is 15.2 Å². The quantitative estimate of drug-likeness (QED) is 0.529. The van der Waals surface area contributed by atoms with E-state index in [1.54, 1.807) is 20.5 Å². The van der Waals surface area contributed by atoms with Crippen LogP contribution in [0.2, 0.25) is 0 Å². The zero-order valence-corrected chi connectivity index (χ0v) is 16.8. The first-order chi connectivity index (χ1) is 14.7. The summed E-state index contributed by atoms with van der Waals surface area (Å²) in [5.74, 6) is 1.64. The van der Waals surface area contributed by atoms with Crippen molar-refractivity contribution in [3.63, 3.8) is 0 Å². The zero-order chi connectivity index (χ0) is 20.6. The molecular weight excluding hydrogens is 378 g/mol. The molecule has 6 nitrogen and oxygen atoms in total. The molecule has 0 fully saturated rings. The van der Waals surface area contributed by atoms with Crippen LogP contribution in [0.5, 0.6) is 11.5 Å². The van der Waals surface area contributed by atoms with E-state index in [1.165, 1.54) is 6.39 Å². The van der Waals surface area contributed by atoms with E-state index in [1.807, 2.05) is 24.3 Å². The summed E-state index contributed by atoms with van der Waals surface area (Å²) >= 11 is 0. The lowest BCUT2D eigenvalue weighted by atomic mass is 9.68. The Hall–Kier alpha value is -3.80. The monoisotopic (exact) mass is 399 g/mol. The molecule has 1 N–H and O–H groups in total. The van der Waals surface area contributed by atoms with Crippen LogP contribution in [0.25, 0.3) is 17.5 Å². The fourth-order valence-electron chi connectivity index (χ4n) is 4.15. The van der Waals surface area contributed by atoms with E-state index in [0.717, 1.165) is 39.6 Å². The van der Waals surface area contributed by atoms with E-state index in [9.17, 15) is 0 Å². The maximum Gasteiger partial charge on any atom is 0.181 e. The van der Waals surface area contributed by atoms with E-state index in [-0.39, 0.29) is 0 Å². The standard InChI is InChI=1S/C24H21N3O3/c1-28-18-7-3-5-16(11-18)24(17-6-4-8-19(12-17)29-2)10-9-20-21(13-24)26-27-23(20)22-14-30-15-25-22/h3-12,14-15H,13H2,1-2H3,(H,26,27). The van der Waals surface area contributed by atoms with Crippen molar-refractivity contribution in [2.75, 3.05) is 14.2 Å². The van der Waals surface area contributed by atoms with E-state index in [4.69, 9.17) is 13.9 Å². The van der Waals surface area contributed by atoms with Crippen molar-refractivity contribution in [2.24, 2.45) is 0 Å². The van der Waals surface area contributed by atoms with Gasteiger partial charge in [-0.15, -0.1) is 0 Å². The van der Waals surface area contributed by atoms with E-state index < -0.39 is 5.41 Å². The first kappa shape index (κ1) is 18.2. The van der Waals surface area contributed by atoms with Crippen molar-refractivity contribution >= 4 is 6.08 Å². The number of oxazole rings is 1. The summed E-state index contributed by atoms with van der Waals surface area (Å²) < 4.78 is 16.2. The van der Waals surface area contributed by atoms with Crippen molar-refractivity contribution in [1.29, 1.82) is 0 Å². The number of fused-ring (bicyclic) bond motifs is 1. The van der Waals surface area contributed by atoms with Crippen molar-refractivity contribution in [2.45, 2.75) is 11.8 Å². The smallest absolute Gasteiger partial charge is 0.181 e. The van der Waals surface area contributed by atoms with Gasteiger partial charge in [-0.25, -0.2) is 4.98 Å². The minimum atomic E-state index is -0.399. The molecule has 0 saturated heterocycles. The van der Waals surface area contributed by atoms with Crippen LogP contribution < -0.4 is 9.47 Å². The van der Waals surface area contributed by atoms with Crippen molar-refractivity contribution in [3.8, 4) is 22.9 Å². The third-order valence-electron chi connectivity index (χ3n) is 5.72. The Bertz CT molecular complexity index is 1160. The molecule has 0 atom stereocenters. The number of allylic oxidation sites excluding steroid dienone is 1. The number of benzene rings is 2. The number of hydrogen-bond donors (Lipinski definition) is 1. The number of H-pyrrole nitrogens is 1. The van der Waals surface area contributed by atoms with Crippen LogP contribution in [-0.2, 0) is 11.8 Å². The Kier molecular flexibility index (Phi) is 4.39. The van der Waals surface area contributed by atoms with Gasteiger partial charge in [-0.05, 0) is 35.4 Å². The number of hydrogen-bond acceptors (Lipinski definition) is 5. The summed E-state index contributed by atoms with van der Waals surface area (Å²) in [7, 11) is 3.37. The summed E-state index contributed by atoms with van der Waals surface area (Å²) in [4.78, 5) is 4.25. The van der Waals surface area contributed by atoms with Crippen LogP contribution in [0, 0.1) is 0 Å². The zero-order valence-electron chi connectivity index (χ0n) is 16.8. The molecule has 150 valence electrons. The minimum Gasteiger partial charge on any atom is -0.497 e. The summed E-state index contributed by atoms with van der Waals surface area (Å²) in [6, 6.07) is 16.4. The molecule has 1 aliphatic carbocycles. The predicted molar refractivity (Wildman–Crippen MR) is 114 cm³/mol. The predicted octanol–water partition coefficient (Wildman–Crippen LogP) is 4.64. The van der Waals surface area contributed by atoms with Gasteiger partial charge in [-0.3, -0.25) is 5.10 Å². The average molecular weight is 399 g/mol. The third kappa shape index (κ3) is 2.88. The number of aromatic nitrogens is 3. The molecule has 0 radical (unpaired) electrons. The topological polar surface area (TPSA) is 73.2 Å². The molecule has 2 heterocycles. The van der Waals surface area contributed by atoms with Crippen LogP contribution in [0.4, 0.5) is 0 Å². The molecule has 0 bridgehead atoms. The summed E-state index contributed by atoms with van der Waals surface area (Å²) in [6.07, 6.45) is 8.09. The summed E-state index contributed by atoms with van der Waals surface area (Å²) in [6.45, 7) is 0. The number of ether oxygens (including phenoxy) is 2. The molecule has 2 aromatic heterocycles. The normalized spacial score (nSPS) is 14.3. The fraction of sp³-hybridized carbons (Fsp3) is 0.167. The average Bonchev–Trinajstić information content (AvgIpc) is 3.48. The van der Waals surface area contributed by atoms with Crippen molar-refractivity contribution < 1.29 is 13.9 Å². The van der Waals surface area contributed by atoms with Gasteiger partial charge in [0.1, 0.15) is 29.2 Å². The van der Waals surface area contributed by atoms with E-state index >= 15 is 0 Å². The van der Waals surface area contributed by atoms with Gasteiger partial charge in [0.2, 0.25) is 0 Å². The minimum absolute atomic E-state index is 0.399. The molecule has 0 unspecified atom stereocenters. The van der Waals surface area contributed by atoms with Crippen LogP contribution in [-0.4, -0.2) is 29.4 Å². The first-order valence-corrected chi connectivity index (χ1v) is 9.67. The first-order valence-electron chi connectivity index (χ1n) is 9.67. The molecular formula is C24H21N3O3. The summed E-state index contributed by atoms with van der Waals surface area (Å²) in [5.41, 5.74) is 5.45. The number of methoxy groups -OCH3 is 2. The highest BCUT2D eigenvalue weighted by molar-refractivity contribution is 5.74. The van der Waals surface area contributed by atoms with E-state index in [2.05, 4.69) is 51.6 Å². The number of rotatable bonds is 5. The highest BCUT2D eigenvalue weighted by Gasteiger charge is 2.37. The maximum absolute atomic E-state index is 5.51. The third-order valence-corrected chi connectivity index (χ3v) is 5.72. The van der Waals surface area contributed by atoms with Gasteiger partial charge in [0.05, 0.1) is 14.2 Å². The van der Waals surface area contributed by atoms with Gasteiger partial charge in [-0.2, -0.15) is 5.10 Å². The second-order valence-electron chi connectivity index (χ2n) is 7.28. The lowest BCUT2D eigenvalue weighted by Crippen LogP contribution is -2.30. The fourth-order valence-corrected chi connectivity index (χ4v) is 4.15. The largest absolute Gasteiger partial charge is 0.497 e. The lowest BCUT2D eigenvalue weighted by molar-refractivity contribution is 0.411. The molecule has 2 aromatic carbocycles. The van der Waals surface area contributed by atoms with Gasteiger partial charge in [0.25, 0.3) is 0 Å². The molecule has 5 rings (SSSR count). The highest BCUT2D eigenvalue weighted by atomic mass is 16.5. The van der Waals surface area contributed by atoms with Gasteiger partial charge in [-0.1, -0.05) is 36.4 Å². The van der Waals surface area contributed by atoms with Crippen LogP contribution in [0.3, 0.4) is 0 Å².